The molecule has 0 aliphatic rings. The number of benzene rings is 2. The zero-order valence-electron chi connectivity index (χ0n) is 18.0. The fourth-order valence-electron chi connectivity index (χ4n) is 2.91. The van der Waals surface area contributed by atoms with Gasteiger partial charge in [-0.2, -0.15) is 11.8 Å². The summed E-state index contributed by atoms with van der Waals surface area (Å²) in [6, 6.07) is 13.1. The lowest BCUT2D eigenvalue weighted by Crippen LogP contribution is -2.26. The molecule has 8 heteroatoms. The molecule has 0 fully saturated rings. The molecule has 0 aromatic heterocycles. The molecule has 0 atom stereocenters. The fourth-order valence-corrected chi connectivity index (χ4v) is 4.67. The largest absolute Gasteiger partial charge is 0.496 e. The van der Waals surface area contributed by atoms with Gasteiger partial charge in [0.05, 0.1) is 12.0 Å². The molecule has 0 heterocycles. The molecule has 164 valence electrons. The average molecular weight is 451 g/mol. The first-order valence-corrected chi connectivity index (χ1v) is 12.3. The van der Waals surface area contributed by atoms with Crippen LogP contribution in [0, 0.1) is 6.92 Å². The third kappa shape index (κ3) is 7.04. The number of thioether (sulfide) groups is 1. The topological polar surface area (TPSA) is 75.7 Å². The number of hydrogen-bond acceptors (Lipinski definition) is 5. The predicted molar refractivity (Wildman–Crippen MR) is 123 cm³/mol. The van der Waals surface area contributed by atoms with E-state index >= 15 is 0 Å². The van der Waals surface area contributed by atoms with Gasteiger partial charge in [0.1, 0.15) is 5.75 Å². The molecule has 2 rings (SSSR count). The number of hydrogen-bond donors (Lipinski definition) is 1. The van der Waals surface area contributed by atoms with Crippen LogP contribution in [0.25, 0.3) is 0 Å². The Morgan fingerprint density at radius 1 is 1.17 bits per heavy atom. The number of ether oxygens (including phenoxy) is 1. The number of aryl methyl sites for hydroxylation is 2. The molecule has 1 amide bonds. The molecule has 1 N–H and O–H groups in total. The van der Waals surface area contributed by atoms with Crippen LogP contribution >= 0.6 is 11.8 Å². The Hall–Kier alpha value is -2.03. The highest BCUT2D eigenvalue weighted by Crippen LogP contribution is 2.25. The van der Waals surface area contributed by atoms with E-state index in [4.69, 9.17) is 4.74 Å². The summed E-state index contributed by atoms with van der Waals surface area (Å²) in [4.78, 5) is 12.4. The van der Waals surface area contributed by atoms with Crippen molar-refractivity contribution in [3.8, 4) is 5.75 Å². The minimum atomic E-state index is -3.53. The van der Waals surface area contributed by atoms with Crippen molar-refractivity contribution in [2.45, 2.75) is 30.4 Å². The second kappa shape index (κ2) is 11.4. The van der Waals surface area contributed by atoms with Crippen molar-refractivity contribution in [2.75, 3.05) is 33.5 Å². The van der Waals surface area contributed by atoms with Gasteiger partial charge in [-0.1, -0.05) is 29.8 Å². The molecule has 2 aromatic rings. The zero-order chi connectivity index (χ0) is 22.1. The van der Waals surface area contributed by atoms with Crippen LogP contribution in [0.5, 0.6) is 5.75 Å². The molecule has 0 spiro atoms. The maximum Gasteiger partial charge on any atom is 0.242 e. The van der Waals surface area contributed by atoms with Crippen molar-refractivity contribution in [3.63, 3.8) is 0 Å². The normalized spacial score (nSPS) is 11.5. The summed E-state index contributed by atoms with van der Waals surface area (Å²) in [5, 5.41) is 2.92. The SMILES string of the molecule is COc1ccc(S(=O)(=O)N(C)C)cc1CCC(=O)NCCSCc1cccc(C)c1. The molecule has 0 bridgehead atoms. The van der Waals surface area contributed by atoms with Crippen LogP contribution in [-0.4, -0.2) is 52.1 Å². The fraction of sp³-hybridized carbons (Fsp3) is 0.409. The maximum absolute atomic E-state index is 12.3. The second-order valence-corrected chi connectivity index (χ2v) is 10.4. The number of carbonyl (C=O) groups excluding carboxylic acids is 1. The number of methoxy groups -OCH3 is 1. The number of nitrogens with zero attached hydrogens (tertiary/aromatic N) is 1. The smallest absolute Gasteiger partial charge is 0.242 e. The van der Waals surface area contributed by atoms with E-state index in [-0.39, 0.29) is 17.2 Å². The van der Waals surface area contributed by atoms with E-state index in [0.29, 0.717) is 24.3 Å². The molecule has 0 aliphatic heterocycles. The first-order chi connectivity index (χ1) is 14.2. The Kier molecular flexibility index (Phi) is 9.20. The summed E-state index contributed by atoms with van der Waals surface area (Å²) in [5.74, 6) is 2.27. The molecule has 0 saturated heterocycles. The van der Waals surface area contributed by atoms with Crippen LogP contribution in [0.3, 0.4) is 0 Å². The second-order valence-electron chi connectivity index (χ2n) is 7.15. The molecule has 0 unspecified atom stereocenters. The van der Waals surface area contributed by atoms with Gasteiger partial charge in [0.15, 0.2) is 0 Å². The lowest BCUT2D eigenvalue weighted by atomic mass is 10.1. The highest BCUT2D eigenvalue weighted by atomic mass is 32.2. The highest BCUT2D eigenvalue weighted by molar-refractivity contribution is 7.98. The number of rotatable bonds is 11. The standard InChI is InChI=1S/C22H30N2O4S2/c1-17-6-5-7-18(14-17)16-29-13-12-23-22(25)11-8-19-15-20(9-10-21(19)28-4)30(26,27)24(2)3/h5-7,9-10,14-15H,8,11-13,16H2,1-4H3,(H,23,25). The minimum absolute atomic E-state index is 0.0610. The number of amides is 1. The van der Waals surface area contributed by atoms with Crippen molar-refractivity contribution in [1.82, 2.24) is 9.62 Å². The summed E-state index contributed by atoms with van der Waals surface area (Å²) in [7, 11) is 0.977. The molecule has 30 heavy (non-hydrogen) atoms. The molecule has 2 aromatic carbocycles. The van der Waals surface area contributed by atoms with E-state index in [1.54, 1.807) is 23.9 Å². The number of sulfonamides is 1. The molecular weight excluding hydrogens is 420 g/mol. The molecule has 0 saturated carbocycles. The van der Waals surface area contributed by atoms with Crippen molar-refractivity contribution in [2.24, 2.45) is 0 Å². The Morgan fingerprint density at radius 2 is 1.93 bits per heavy atom. The van der Waals surface area contributed by atoms with E-state index in [0.717, 1.165) is 11.5 Å². The van der Waals surface area contributed by atoms with Crippen molar-refractivity contribution in [1.29, 1.82) is 0 Å². The molecule has 6 nitrogen and oxygen atoms in total. The Labute approximate surface area is 184 Å². The van der Waals surface area contributed by atoms with Gasteiger partial charge in [0, 0.05) is 38.6 Å². The van der Waals surface area contributed by atoms with Crippen molar-refractivity contribution in [3.05, 3.63) is 59.2 Å². The van der Waals surface area contributed by atoms with Crippen LogP contribution in [-0.2, 0) is 27.0 Å². The first kappa shape index (κ1) is 24.2. The lowest BCUT2D eigenvalue weighted by molar-refractivity contribution is -0.120. The van der Waals surface area contributed by atoms with Crippen LogP contribution in [0.1, 0.15) is 23.1 Å². The van der Waals surface area contributed by atoms with Gasteiger partial charge >= 0.3 is 0 Å². The lowest BCUT2D eigenvalue weighted by Gasteiger charge is -2.14. The van der Waals surface area contributed by atoms with Crippen LogP contribution in [0.2, 0.25) is 0 Å². The van der Waals surface area contributed by atoms with Gasteiger partial charge in [0.25, 0.3) is 0 Å². The van der Waals surface area contributed by atoms with Gasteiger partial charge in [-0.15, -0.1) is 0 Å². The Morgan fingerprint density at radius 3 is 2.60 bits per heavy atom. The van der Waals surface area contributed by atoms with Crippen LogP contribution < -0.4 is 10.1 Å². The minimum Gasteiger partial charge on any atom is -0.496 e. The van der Waals surface area contributed by atoms with E-state index in [9.17, 15) is 13.2 Å². The molecule has 0 radical (unpaired) electrons. The van der Waals surface area contributed by atoms with E-state index in [1.165, 1.54) is 42.7 Å². The van der Waals surface area contributed by atoms with E-state index in [2.05, 4.69) is 36.5 Å². The average Bonchev–Trinajstić information content (AvgIpc) is 2.71. The van der Waals surface area contributed by atoms with E-state index in [1.807, 2.05) is 0 Å². The van der Waals surface area contributed by atoms with Crippen molar-refractivity contribution >= 4 is 27.7 Å². The van der Waals surface area contributed by atoms with Crippen LogP contribution in [0.15, 0.2) is 47.4 Å². The molecular formula is C22H30N2O4S2. The number of nitrogens with one attached hydrogen (secondary N) is 1. The quantitative estimate of drug-likeness (QED) is 0.532. The van der Waals surface area contributed by atoms with Crippen molar-refractivity contribution < 1.29 is 17.9 Å². The summed E-state index contributed by atoms with van der Waals surface area (Å²) in [6.45, 7) is 2.68. The third-order valence-electron chi connectivity index (χ3n) is 4.57. The zero-order valence-corrected chi connectivity index (χ0v) is 19.6. The summed E-state index contributed by atoms with van der Waals surface area (Å²) >= 11 is 1.78. The van der Waals surface area contributed by atoms with E-state index < -0.39 is 10.0 Å². The summed E-state index contributed by atoms with van der Waals surface area (Å²) in [6.07, 6.45) is 0.673. The first-order valence-electron chi connectivity index (χ1n) is 9.73. The summed E-state index contributed by atoms with van der Waals surface area (Å²) in [5.41, 5.74) is 3.23. The molecule has 0 aliphatic carbocycles. The monoisotopic (exact) mass is 450 g/mol. The van der Waals surface area contributed by atoms with Gasteiger partial charge in [-0.3, -0.25) is 4.79 Å². The maximum atomic E-state index is 12.3. The number of carbonyl (C=O) groups is 1. The summed E-state index contributed by atoms with van der Waals surface area (Å²) < 4.78 is 31.2. The highest BCUT2D eigenvalue weighted by Gasteiger charge is 2.19. The van der Waals surface area contributed by atoms with Gasteiger partial charge < -0.3 is 10.1 Å². The Balaban J connectivity index is 1.82. The van der Waals surface area contributed by atoms with Crippen LogP contribution in [0.4, 0.5) is 0 Å². The van der Waals surface area contributed by atoms with Gasteiger partial charge in [-0.05, 0) is 42.7 Å². The third-order valence-corrected chi connectivity index (χ3v) is 7.41. The van der Waals surface area contributed by atoms with Gasteiger partial charge in [0.2, 0.25) is 15.9 Å². The Bertz CT molecular complexity index is 959. The van der Waals surface area contributed by atoms with Gasteiger partial charge in [-0.25, -0.2) is 12.7 Å². The predicted octanol–water partition coefficient (Wildman–Crippen LogP) is 3.24.